The van der Waals surface area contributed by atoms with Crippen LogP contribution in [-0.2, 0) is 0 Å². The molecule has 26 heavy (non-hydrogen) atoms. The molecule has 0 unspecified atom stereocenters. The van der Waals surface area contributed by atoms with Crippen molar-refractivity contribution in [1.29, 1.82) is 0 Å². The van der Waals surface area contributed by atoms with Crippen LogP contribution in [0.4, 0.5) is 0 Å². The van der Waals surface area contributed by atoms with Crippen LogP contribution in [-0.4, -0.2) is 46.6 Å². The summed E-state index contributed by atoms with van der Waals surface area (Å²) in [4.78, 5) is 15.8. The second-order valence-corrected chi connectivity index (χ2v) is 8.06. The van der Waals surface area contributed by atoms with Gasteiger partial charge in [-0.3, -0.25) is 0 Å². The van der Waals surface area contributed by atoms with E-state index in [1.54, 1.807) is 19.5 Å². The van der Waals surface area contributed by atoms with Gasteiger partial charge in [-0.2, -0.15) is 0 Å². The smallest absolute Gasteiger partial charge is 0.316 e. The van der Waals surface area contributed by atoms with Crippen molar-refractivity contribution in [3.05, 3.63) is 35.6 Å². The highest BCUT2D eigenvalue weighted by atomic mass is 32.1. The third-order valence-electron chi connectivity index (χ3n) is 5.21. The van der Waals surface area contributed by atoms with Crippen LogP contribution in [0.25, 0.3) is 21.3 Å². The maximum atomic E-state index is 5.03. The van der Waals surface area contributed by atoms with Crippen molar-refractivity contribution >= 4 is 21.6 Å². The van der Waals surface area contributed by atoms with Crippen molar-refractivity contribution in [3.8, 4) is 17.1 Å². The second kappa shape index (κ2) is 7.29. The van der Waals surface area contributed by atoms with E-state index in [2.05, 4.69) is 47.0 Å². The molecule has 1 aliphatic carbocycles. The van der Waals surface area contributed by atoms with Crippen LogP contribution in [0.2, 0.25) is 0 Å². The number of nitrogens with zero attached hydrogens (tertiary/aromatic N) is 4. The van der Waals surface area contributed by atoms with Gasteiger partial charge in [0.15, 0.2) is 0 Å². The Hall–Kier alpha value is -2.05. The fourth-order valence-corrected chi connectivity index (χ4v) is 4.68. The lowest BCUT2D eigenvalue weighted by molar-refractivity contribution is 0.137. The van der Waals surface area contributed by atoms with Crippen molar-refractivity contribution in [3.63, 3.8) is 0 Å². The maximum absolute atomic E-state index is 5.03. The Labute approximate surface area is 158 Å². The Balaban J connectivity index is 1.51. The van der Waals surface area contributed by atoms with Gasteiger partial charge in [0, 0.05) is 29.9 Å². The third-order valence-corrected chi connectivity index (χ3v) is 6.39. The Bertz CT molecular complexity index is 886. The highest BCUT2D eigenvalue weighted by molar-refractivity contribution is 7.18. The first-order valence-electron chi connectivity index (χ1n) is 9.15. The molecule has 1 saturated carbocycles. The van der Waals surface area contributed by atoms with Crippen molar-refractivity contribution < 1.29 is 4.74 Å². The fourth-order valence-electron chi connectivity index (χ4n) is 3.55. The first kappa shape index (κ1) is 17.4. The highest BCUT2D eigenvalue weighted by Crippen LogP contribution is 2.42. The zero-order chi connectivity index (χ0) is 18.1. The minimum atomic E-state index is 0.391. The molecule has 0 bridgehead atoms. The van der Waals surface area contributed by atoms with E-state index < -0.39 is 0 Å². The molecule has 4 rings (SSSR count). The molecule has 0 radical (unpaired) electrons. The first-order valence-corrected chi connectivity index (χ1v) is 9.96. The molecule has 0 spiro atoms. The van der Waals surface area contributed by atoms with Crippen LogP contribution in [0.5, 0.6) is 6.01 Å². The van der Waals surface area contributed by atoms with Gasteiger partial charge in [0.2, 0.25) is 0 Å². The van der Waals surface area contributed by atoms with Gasteiger partial charge in [0.1, 0.15) is 0 Å². The van der Waals surface area contributed by atoms with E-state index in [0.717, 1.165) is 22.7 Å². The molecule has 0 atom stereocenters. The van der Waals surface area contributed by atoms with Gasteiger partial charge in [0.05, 0.1) is 22.3 Å². The van der Waals surface area contributed by atoms with Gasteiger partial charge in [-0.05, 0) is 50.6 Å². The monoisotopic (exact) mass is 368 g/mol. The SMILES string of the molecule is CCCN(C)[C@H]1C[C@H](c2nc3ccc(-c4cnc(OC)nc4)cc3s2)C1. The van der Waals surface area contributed by atoms with Crippen molar-refractivity contribution in [2.45, 2.75) is 38.1 Å². The largest absolute Gasteiger partial charge is 0.467 e. The van der Waals surface area contributed by atoms with E-state index in [-0.39, 0.29) is 0 Å². The van der Waals surface area contributed by atoms with Gasteiger partial charge in [-0.15, -0.1) is 11.3 Å². The van der Waals surface area contributed by atoms with Crippen LogP contribution < -0.4 is 4.74 Å². The van der Waals surface area contributed by atoms with Gasteiger partial charge in [-0.1, -0.05) is 13.0 Å². The number of fused-ring (bicyclic) bond motifs is 1. The second-order valence-electron chi connectivity index (χ2n) is 7.00. The number of rotatable bonds is 6. The predicted molar refractivity (Wildman–Crippen MR) is 106 cm³/mol. The van der Waals surface area contributed by atoms with Crippen LogP contribution in [0.3, 0.4) is 0 Å². The van der Waals surface area contributed by atoms with Crippen LogP contribution >= 0.6 is 11.3 Å². The Kier molecular flexibility index (Phi) is 4.87. The summed E-state index contributed by atoms with van der Waals surface area (Å²) in [6, 6.07) is 7.51. The lowest BCUT2D eigenvalue weighted by atomic mass is 9.80. The summed E-state index contributed by atoms with van der Waals surface area (Å²) in [5.41, 5.74) is 3.20. The molecular formula is C20H24N4OS. The lowest BCUT2D eigenvalue weighted by Crippen LogP contribution is -2.41. The van der Waals surface area contributed by atoms with Gasteiger partial charge >= 0.3 is 6.01 Å². The number of methoxy groups -OCH3 is 1. The number of thiazole rings is 1. The first-order chi connectivity index (χ1) is 12.7. The molecule has 0 aliphatic heterocycles. The summed E-state index contributed by atoms with van der Waals surface area (Å²) in [6.45, 7) is 3.43. The van der Waals surface area contributed by atoms with Gasteiger partial charge in [-0.25, -0.2) is 15.0 Å². The van der Waals surface area contributed by atoms with Crippen molar-refractivity contribution in [2.75, 3.05) is 20.7 Å². The van der Waals surface area contributed by atoms with Gasteiger partial charge < -0.3 is 9.64 Å². The molecular weight excluding hydrogens is 344 g/mol. The fraction of sp³-hybridized carbons (Fsp3) is 0.450. The molecule has 6 heteroatoms. The molecule has 3 aromatic rings. The number of hydrogen-bond donors (Lipinski definition) is 0. The van der Waals surface area contributed by atoms with E-state index in [9.17, 15) is 0 Å². The van der Waals surface area contributed by atoms with E-state index >= 15 is 0 Å². The molecule has 2 aromatic heterocycles. The number of aromatic nitrogens is 3. The Morgan fingerprint density at radius 2 is 1.96 bits per heavy atom. The topological polar surface area (TPSA) is 51.1 Å². The highest BCUT2D eigenvalue weighted by Gasteiger charge is 2.34. The zero-order valence-electron chi connectivity index (χ0n) is 15.5. The number of hydrogen-bond acceptors (Lipinski definition) is 6. The molecule has 136 valence electrons. The van der Waals surface area contributed by atoms with Crippen molar-refractivity contribution in [1.82, 2.24) is 19.9 Å². The average molecular weight is 369 g/mol. The predicted octanol–water partition coefficient (Wildman–Crippen LogP) is 4.35. The third kappa shape index (κ3) is 3.31. The van der Waals surface area contributed by atoms with Crippen molar-refractivity contribution in [2.24, 2.45) is 0 Å². The molecule has 0 saturated heterocycles. The zero-order valence-corrected chi connectivity index (χ0v) is 16.3. The minimum Gasteiger partial charge on any atom is -0.467 e. The summed E-state index contributed by atoms with van der Waals surface area (Å²) in [7, 11) is 3.82. The standard InChI is InChI=1S/C20H24N4OS/c1-4-7-24(2)16-8-14(9-16)19-23-17-6-5-13(10-18(17)26-19)15-11-21-20(25-3)22-12-15/h5-6,10-12,14,16H,4,7-9H2,1-3H3/t14-,16-. The summed E-state index contributed by atoms with van der Waals surface area (Å²) in [5.74, 6) is 0.615. The Morgan fingerprint density at radius 3 is 2.65 bits per heavy atom. The molecule has 1 aromatic carbocycles. The summed E-state index contributed by atoms with van der Waals surface area (Å²) in [6.07, 6.45) is 7.28. The summed E-state index contributed by atoms with van der Waals surface area (Å²) >= 11 is 1.83. The number of ether oxygens (including phenoxy) is 1. The average Bonchev–Trinajstić information content (AvgIpc) is 3.03. The molecule has 0 N–H and O–H groups in total. The molecule has 0 amide bonds. The number of benzene rings is 1. The van der Waals surface area contributed by atoms with Gasteiger partial charge in [0.25, 0.3) is 0 Å². The van der Waals surface area contributed by atoms with E-state index in [1.165, 1.54) is 35.5 Å². The quantitative estimate of drug-likeness (QED) is 0.647. The van der Waals surface area contributed by atoms with E-state index in [4.69, 9.17) is 9.72 Å². The van der Waals surface area contributed by atoms with Crippen LogP contribution in [0.1, 0.15) is 37.1 Å². The minimum absolute atomic E-state index is 0.391. The normalized spacial score (nSPS) is 19.7. The van der Waals surface area contributed by atoms with Crippen LogP contribution in [0.15, 0.2) is 30.6 Å². The molecule has 2 heterocycles. The molecule has 5 nitrogen and oxygen atoms in total. The summed E-state index contributed by atoms with van der Waals surface area (Å²) in [5, 5.41) is 1.28. The van der Waals surface area contributed by atoms with E-state index in [1.807, 2.05) is 11.3 Å². The molecule has 1 fully saturated rings. The van der Waals surface area contributed by atoms with E-state index in [0.29, 0.717) is 11.9 Å². The van der Waals surface area contributed by atoms with Crippen LogP contribution in [0, 0.1) is 0 Å². The summed E-state index contributed by atoms with van der Waals surface area (Å²) < 4.78 is 6.27. The lowest BCUT2D eigenvalue weighted by Gasteiger charge is -2.40. The maximum Gasteiger partial charge on any atom is 0.316 e. The molecule has 1 aliphatic rings. The Morgan fingerprint density at radius 1 is 1.19 bits per heavy atom.